The van der Waals surface area contributed by atoms with E-state index >= 15 is 0 Å². The van der Waals surface area contributed by atoms with E-state index in [9.17, 15) is 5.11 Å². The molecule has 0 saturated heterocycles. The Labute approximate surface area is 114 Å². The SMILES string of the molecule is CC(C)CC(C)N(C)c1nc2c(s1)C(O)CCC2. The van der Waals surface area contributed by atoms with Crippen LogP contribution in [0.1, 0.15) is 56.7 Å². The minimum atomic E-state index is -0.284. The van der Waals surface area contributed by atoms with E-state index in [4.69, 9.17) is 4.98 Å². The summed E-state index contributed by atoms with van der Waals surface area (Å²) in [6.07, 6.45) is 3.86. The number of thiazole rings is 1. The number of nitrogens with zero attached hydrogens (tertiary/aromatic N) is 2. The highest BCUT2D eigenvalue weighted by Crippen LogP contribution is 2.37. The fraction of sp³-hybridized carbons (Fsp3) is 0.786. The van der Waals surface area contributed by atoms with Gasteiger partial charge in [-0.25, -0.2) is 4.98 Å². The van der Waals surface area contributed by atoms with E-state index < -0.39 is 0 Å². The van der Waals surface area contributed by atoms with E-state index in [-0.39, 0.29) is 6.10 Å². The lowest BCUT2D eigenvalue weighted by Crippen LogP contribution is -2.29. The molecule has 18 heavy (non-hydrogen) atoms. The summed E-state index contributed by atoms with van der Waals surface area (Å²) < 4.78 is 0. The van der Waals surface area contributed by atoms with Crippen LogP contribution >= 0.6 is 11.3 Å². The zero-order valence-corrected chi connectivity index (χ0v) is 12.6. The minimum absolute atomic E-state index is 0.284. The maximum atomic E-state index is 9.99. The van der Waals surface area contributed by atoms with Crippen molar-refractivity contribution in [1.82, 2.24) is 4.98 Å². The van der Waals surface area contributed by atoms with Crippen molar-refractivity contribution in [2.75, 3.05) is 11.9 Å². The highest BCUT2D eigenvalue weighted by Gasteiger charge is 2.25. The third-order valence-electron chi connectivity index (χ3n) is 3.69. The van der Waals surface area contributed by atoms with Crippen LogP contribution in [-0.4, -0.2) is 23.2 Å². The summed E-state index contributed by atoms with van der Waals surface area (Å²) in [5.74, 6) is 0.697. The lowest BCUT2D eigenvalue weighted by molar-refractivity contribution is 0.160. The summed E-state index contributed by atoms with van der Waals surface area (Å²) in [5, 5.41) is 11.1. The Morgan fingerprint density at radius 3 is 2.78 bits per heavy atom. The van der Waals surface area contributed by atoms with Crippen LogP contribution in [-0.2, 0) is 6.42 Å². The third kappa shape index (κ3) is 2.86. The molecule has 1 aromatic rings. The van der Waals surface area contributed by atoms with Gasteiger partial charge in [0.05, 0.1) is 16.7 Å². The number of anilines is 1. The number of aliphatic hydroxyl groups excluding tert-OH is 1. The molecule has 1 aliphatic carbocycles. The quantitative estimate of drug-likeness (QED) is 0.909. The number of aryl methyl sites for hydroxylation is 1. The van der Waals surface area contributed by atoms with Gasteiger partial charge in [0.25, 0.3) is 0 Å². The van der Waals surface area contributed by atoms with Gasteiger partial charge in [-0.1, -0.05) is 25.2 Å². The topological polar surface area (TPSA) is 36.4 Å². The average Bonchev–Trinajstić information content (AvgIpc) is 2.72. The molecule has 0 spiro atoms. The van der Waals surface area contributed by atoms with Crippen LogP contribution in [0.15, 0.2) is 0 Å². The van der Waals surface area contributed by atoms with Gasteiger partial charge in [-0.15, -0.1) is 0 Å². The lowest BCUT2D eigenvalue weighted by atomic mass is 10.0. The first-order valence-electron chi connectivity index (χ1n) is 6.89. The van der Waals surface area contributed by atoms with E-state index in [0.29, 0.717) is 12.0 Å². The van der Waals surface area contributed by atoms with Crippen molar-refractivity contribution in [2.24, 2.45) is 5.92 Å². The Hall–Kier alpha value is -0.610. The maximum absolute atomic E-state index is 9.99. The number of hydrogen-bond donors (Lipinski definition) is 1. The Morgan fingerprint density at radius 1 is 1.44 bits per heavy atom. The smallest absolute Gasteiger partial charge is 0.185 e. The molecular weight excluding hydrogens is 244 g/mol. The van der Waals surface area contributed by atoms with Crippen LogP contribution in [0.2, 0.25) is 0 Å². The van der Waals surface area contributed by atoms with Gasteiger partial charge in [0.2, 0.25) is 0 Å². The second-order valence-corrected chi connectivity index (χ2v) is 6.81. The molecule has 1 heterocycles. The second-order valence-electron chi connectivity index (χ2n) is 5.80. The molecule has 0 amide bonds. The number of rotatable bonds is 4. The highest BCUT2D eigenvalue weighted by molar-refractivity contribution is 7.15. The van der Waals surface area contributed by atoms with E-state index in [1.165, 1.54) is 6.42 Å². The van der Waals surface area contributed by atoms with Crippen LogP contribution in [0.4, 0.5) is 5.13 Å². The summed E-state index contributed by atoms with van der Waals surface area (Å²) >= 11 is 1.67. The molecule has 102 valence electrons. The van der Waals surface area contributed by atoms with Crippen LogP contribution in [0, 0.1) is 5.92 Å². The Bertz CT molecular complexity index is 402. The molecule has 3 nitrogen and oxygen atoms in total. The standard InChI is InChI=1S/C14H24N2OS/c1-9(2)8-10(3)16(4)14-15-11-6-5-7-12(17)13(11)18-14/h9-10,12,17H,5-8H2,1-4H3. The lowest BCUT2D eigenvalue weighted by Gasteiger charge is -2.25. The summed E-state index contributed by atoms with van der Waals surface area (Å²) in [5.41, 5.74) is 1.12. The molecule has 0 bridgehead atoms. The fourth-order valence-corrected chi connectivity index (χ4v) is 3.76. The molecular formula is C14H24N2OS. The van der Waals surface area contributed by atoms with Crippen molar-refractivity contribution in [3.8, 4) is 0 Å². The first-order chi connectivity index (χ1) is 8.49. The Kier molecular flexibility index (Phi) is 4.28. The molecule has 0 aliphatic heterocycles. The maximum Gasteiger partial charge on any atom is 0.185 e. The van der Waals surface area contributed by atoms with E-state index in [1.54, 1.807) is 11.3 Å². The zero-order valence-electron chi connectivity index (χ0n) is 11.8. The molecule has 0 fully saturated rings. The van der Waals surface area contributed by atoms with Gasteiger partial charge >= 0.3 is 0 Å². The number of aromatic nitrogens is 1. The van der Waals surface area contributed by atoms with Crippen LogP contribution in [0.25, 0.3) is 0 Å². The number of hydrogen-bond acceptors (Lipinski definition) is 4. The summed E-state index contributed by atoms with van der Waals surface area (Å²) in [7, 11) is 2.11. The third-order valence-corrected chi connectivity index (χ3v) is 4.97. The van der Waals surface area contributed by atoms with E-state index in [1.807, 2.05) is 0 Å². The van der Waals surface area contributed by atoms with Gasteiger partial charge in [-0.2, -0.15) is 0 Å². The fourth-order valence-electron chi connectivity index (χ4n) is 2.56. The van der Waals surface area contributed by atoms with Crippen molar-refractivity contribution in [3.63, 3.8) is 0 Å². The highest BCUT2D eigenvalue weighted by atomic mass is 32.1. The molecule has 1 aliphatic rings. The average molecular weight is 268 g/mol. The second kappa shape index (κ2) is 5.57. The van der Waals surface area contributed by atoms with Gasteiger partial charge in [0.15, 0.2) is 5.13 Å². The summed E-state index contributed by atoms with van der Waals surface area (Å²) in [4.78, 5) is 8.07. The molecule has 1 N–H and O–H groups in total. The minimum Gasteiger partial charge on any atom is -0.388 e. The predicted octanol–water partition coefficient (Wildman–Crippen LogP) is 3.38. The van der Waals surface area contributed by atoms with Crippen molar-refractivity contribution in [2.45, 2.75) is 58.6 Å². The van der Waals surface area contributed by atoms with Crippen LogP contribution in [0.5, 0.6) is 0 Å². The molecule has 0 radical (unpaired) electrons. The van der Waals surface area contributed by atoms with Crippen molar-refractivity contribution >= 4 is 16.5 Å². The first kappa shape index (κ1) is 13.8. The Morgan fingerprint density at radius 2 is 2.17 bits per heavy atom. The molecule has 4 heteroatoms. The summed E-state index contributed by atoms with van der Waals surface area (Å²) in [6, 6.07) is 0.495. The zero-order chi connectivity index (χ0) is 13.3. The Balaban J connectivity index is 2.14. The molecule has 2 unspecified atom stereocenters. The largest absolute Gasteiger partial charge is 0.388 e. The van der Waals surface area contributed by atoms with E-state index in [0.717, 1.165) is 35.0 Å². The first-order valence-corrected chi connectivity index (χ1v) is 7.71. The number of aliphatic hydroxyl groups is 1. The normalized spacial score (nSPS) is 20.9. The monoisotopic (exact) mass is 268 g/mol. The van der Waals surface area contributed by atoms with Gasteiger partial charge in [0.1, 0.15) is 0 Å². The molecule has 2 atom stereocenters. The predicted molar refractivity (Wildman–Crippen MR) is 77.3 cm³/mol. The van der Waals surface area contributed by atoms with Crippen LogP contribution in [0.3, 0.4) is 0 Å². The summed E-state index contributed by atoms with van der Waals surface area (Å²) in [6.45, 7) is 6.75. The van der Waals surface area contributed by atoms with Crippen LogP contribution < -0.4 is 4.90 Å². The molecule has 1 aromatic heterocycles. The van der Waals surface area contributed by atoms with Crippen molar-refractivity contribution in [1.29, 1.82) is 0 Å². The van der Waals surface area contributed by atoms with Crippen molar-refractivity contribution in [3.05, 3.63) is 10.6 Å². The molecule has 2 rings (SSSR count). The van der Waals surface area contributed by atoms with Gasteiger partial charge in [0, 0.05) is 13.1 Å². The van der Waals surface area contributed by atoms with Gasteiger partial charge in [-0.3, -0.25) is 0 Å². The molecule has 0 saturated carbocycles. The van der Waals surface area contributed by atoms with E-state index in [2.05, 4.69) is 32.7 Å². The van der Waals surface area contributed by atoms with Crippen molar-refractivity contribution < 1.29 is 5.11 Å². The van der Waals surface area contributed by atoms with Gasteiger partial charge in [-0.05, 0) is 38.5 Å². The van der Waals surface area contributed by atoms with Gasteiger partial charge < -0.3 is 10.0 Å². The number of fused-ring (bicyclic) bond motifs is 1. The molecule has 0 aromatic carbocycles.